The van der Waals surface area contributed by atoms with E-state index in [0.29, 0.717) is 74.8 Å². The van der Waals surface area contributed by atoms with Gasteiger partial charge in [0.25, 0.3) is 23.6 Å². The second kappa shape index (κ2) is 15.1. The zero-order valence-electron chi connectivity index (χ0n) is 26.5. The van der Waals surface area contributed by atoms with Crippen molar-refractivity contribution in [2.45, 2.75) is 90.9 Å². The van der Waals surface area contributed by atoms with E-state index in [1.165, 1.54) is 71.0 Å². The fourth-order valence-electron chi connectivity index (χ4n) is 6.44. The van der Waals surface area contributed by atoms with Crippen LogP contribution in [0, 0.1) is 0 Å². The number of nitrogens with zero attached hydrogens (tertiary/aromatic N) is 4. The highest BCUT2D eigenvalue weighted by molar-refractivity contribution is 9.11. The van der Waals surface area contributed by atoms with Crippen molar-refractivity contribution in [2.75, 3.05) is 13.1 Å². The van der Waals surface area contributed by atoms with Crippen molar-refractivity contribution in [3.8, 4) is 20.9 Å². The Hall–Kier alpha value is -2.32. The summed E-state index contributed by atoms with van der Waals surface area (Å²) in [5.74, 6) is -1.06. The van der Waals surface area contributed by atoms with Crippen molar-refractivity contribution in [1.82, 2.24) is 18.5 Å². The minimum atomic E-state index is -0.273. The minimum absolute atomic E-state index is 0.259. The number of amides is 4. The van der Waals surface area contributed by atoms with Gasteiger partial charge < -0.3 is 0 Å². The lowest BCUT2D eigenvalue weighted by Crippen LogP contribution is -2.31. The Morgan fingerprint density at radius 3 is 1.32 bits per heavy atom. The van der Waals surface area contributed by atoms with Gasteiger partial charge in [0.2, 0.25) is 0 Å². The number of unbranched alkanes of at least 4 members (excludes halogenated alkanes) is 10. The first kappa shape index (κ1) is 34.5. The van der Waals surface area contributed by atoms with Gasteiger partial charge >= 0.3 is 0 Å². The normalized spacial score (nSPS) is 14.4. The number of benzene rings is 1. The van der Waals surface area contributed by atoms with Crippen LogP contribution in [0.3, 0.4) is 0 Å². The van der Waals surface area contributed by atoms with Crippen LogP contribution in [0.25, 0.3) is 31.9 Å². The molecule has 0 bridgehead atoms. The number of hydrogen-bond acceptors (Lipinski definition) is 9. The summed E-state index contributed by atoms with van der Waals surface area (Å²) in [6.45, 7) is 5.17. The minimum Gasteiger partial charge on any atom is -0.274 e. The van der Waals surface area contributed by atoms with Gasteiger partial charge in [0.15, 0.2) is 0 Å². The molecule has 6 rings (SSSR count). The summed E-state index contributed by atoms with van der Waals surface area (Å²) in [4.78, 5) is 58.3. The highest BCUT2D eigenvalue weighted by Crippen LogP contribution is 2.49. The maximum Gasteiger partial charge on any atom is 0.263 e. The monoisotopic (exact) mass is 818 g/mol. The molecule has 0 saturated carbocycles. The Bertz CT molecular complexity index is 1730. The van der Waals surface area contributed by atoms with Gasteiger partial charge in [0.05, 0.1) is 51.3 Å². The molecule has 4 aromatic rings. The number of halogens is 2. The molecule has 0 unspecified atom stereocenters. The van der Waals surface area contributed by atoms with Crippen molar-refractivity contribution in [2.24, 2.45) is 0 Å². The summed E-state index contributed by atoms with van der Waals surface area (Å²) in [6, 6.07) is 3.78. The molecule has 13 heteroatoms. The fraction of sp³-hybridized carbons (Fsp3) is 0.471. The summed E-state index contributed by atoms with van der Waals surface area (Å²) in [5, 5.41) is 0. The van der Waals surface area contributed by atoms with Gasteiger partial charge in [-0.2, -0.15) is 8.75 Å². The van der Waals surface area contributed by atoms with Crippen LogP contribution in [-0.2, 0) is 0 Å². The fourth-order valence-corrected chi connectivity index (χ4v) is 10.8. The molecule has 1 aromatic carbocycles. The van der Waals surface area contributed by atoms with Crippen LogP contribution < -0.4 is 0 Å². The van der Waals surface area contributed by atoms with Crippen LogP contribution in [0.5, 0.6) is 0 Å². The van der Waals surface area contributed by atoms with Crippen LogP contribution in [0.1, 0.15) is 132 Å². The molecule has 0 spiro atoms. The molecule has 0 fully saturated rings. The first-order valence-corrected chi connectivity index (χ1v) is 20.4. The molecule has 4 amide bonds. The Morgan fingerprint density at radius 2 is 0.915 bits per heavy atom. The molecular weight excluding hydrogens is 784 g/mol. The Labute approximate surface area is 303 Å². The lowest BCUT2D eigenvalue weighted by atomic mass is 10.0. The highest BCUT2D eigenvalue weighted by atomic mass is 79.9. The van der Waals surface area contributed by atoms with Gasteiger partial charge in [0.1, 0.15) is 11.0 Å². The second-order valence-electron chi connectivity index (χ2n) is 12.1. The standard InChI is InChI=1S/C34H36Br2N4O4S3/c1-3-5-7-9-11-13-17-39-31(41)21-23(33(39)43)29(35)45-27(21)19-15-16-20(26-25(19)37-47-38-26)28-22-24(30(36)46-28)34(44)40(32(22)42)18-14-12-10-8-6-4-2/h15-16H,3-14,17-18H2,1-2H3. The first-order valence-electron chi connectivity index (χ1n) is 16.4. The van der Waals surface area contributed by atoms with Gasteiger partial charge in [-0.25, -0.2) is 0 Å². The maximum atomic E-state index is 13.7. The average molecular weight is 821 g/mol. The SMILES string of the molecule is CCCCCCCCN1C(=O)c2c(Br)sc(-c3ccc(-c4sc(Br)c5c4C(=O)N(CCCCCCCC)C5=O)c4nsnc34)c2C1=O. The lowest BCUT2D eigenvalue weighted by Gasteiger charge is -2.15. The maximum absolute atomic E-state index is 13.7. The molecule has 2 aliphatic heterocycles. The van der Waals surface area contributed by atoms with Crippen LogP contribution in [-0.4, -0.2) is 55.3 Å². The number of carbonyl (C=O) groups is 4. The third-order valence-corrected chi connectivity index (χ3v) is 13.3. The van der Waals surface area contributed by atoms with E-state index in [1.54, 1.807) is 0 Å². The molecule has 2 aliphatic rings. The van der Waals surface area contributed by atoms with Crippen molar-refractivity contribution in [1.29, 1.82) is 0 Å². The molecule has 3 aromatic heterocycles. The molecule has 47 heavy (non-hydrogen) atoms. The lowest BCUT2D eigenvalue weighted by molar-refractivity contribution is 0.0635. The topological polar surface area (TPSA) is 101 Å². The van der Waals surface area contributed by atoms with Gasteiger partial charge in [-0.1, -0.05) is 90.2 Å². The highest BCUT2D eigenvalue weighted by Gasteiger charge is 2.43. The number of rotatable bonds is 16. The molecule has 0 radical (unpaired) electrons. The van der Waals surface area contributed by atoms with Crippen molar-refractivity contribution in [3.63, 3.8) is 0 Å². The summed E-state index contributed by atoms with van der Waals surface area (Å²) in [7, 11) is 0. The zero-order valence-corrected chi connectivity index (χ0v) is 32.1. The summed E-state index contributed by atoms with van der Waals surface area (Å²) < 4.78 is 10.5. The summed E-state index contributed by atoms with van der Waals surface area (Å²) in [5.41, 5.74) is 4.26. The predicted octanol–water partition coefficient (Wildman–Crippen LogP) is 10.6. The number of imide groups is 2. The first-order chi connectivity index (χ1) is 22.8. The molecule has 0 N–H and O–H groups in total. The van der Waals surface area contributed by atoms with E-state index < -0.39 is 0 Å². The second-order valence-corrected chi connectivity index (χ2v) is 17.3. The van der Waals surface area contributed by atoms with Crippen LogP contribution in [0.15, 0.2) is 19.7 Å². The van der Waals surface area contributed by atoms with Crippen molar-refractivity contribution in [3.05, 3.63) is 42.0 Å². The van der Waals surface area contributed by atoms with E-state index in [0.717, 1.165) is 50.3 Å². The number of thiophene rings is 2. The van der Waals surface area contributed by atoms with Crippen molar-refractivity contribution < 1.29 is 19.2 Å². The Balaban J connectivity index is 1.27. The van der Waals surface area contributed by atoms with E-state index >= 15 is 0 Å². The zero-order chi connectivity index (χ0) is 33.2. The quantitative estimate of drug-likeness (QED) is 0.0824. The Morgan fingerprint density at radius 1 is 0.553 bits per heavy atom. The van der Waals surface area contributed by atoms with Gasteiger partial charge in [-0.05, 0) is 44.7 Å². The van der Waals surface area contributed by atoms with E-state index in [1.807, 2.05) is 12.1 Å². The van der Waals surface area contributed by atoms with Gasteiger partial charge in [-0.15, -0.1) is 22.7 Å². The van der Waals surface area contributed by atoms with E-state index in [-0.39, 0.29) is 23.6 Å². The van der Waals surface area contributed by atoms with E-state index in [2.05, 4.69) is 54.5 Å². The van der Waals surface area contributed by atoms with Crippen molar-refractivity contribution >= 4 is 101 Å². The number of carbonyl (C=O) groups excluding carboxylic acids is 4. The summed E-state index contributed by atoms with van der Waals surface area (Å²) in [6.07, 6.45) is 12.8. The molecule has 248 valence electrons. The Kier molecular flexibility index (Phi) is 11.1. The van der Waals surface area contributed by atoms with Gasteiger partial charge in [-0.3, -0.25) is 29.0 Å². The third-order valence-electron chi connectivity index (χ3n) is 8.94. The molecule has 5 heterocycles. The largest absolute Gasteiger partial charge is 0.274 e. The molecule has 0 atom stereocenters. The van der Waals surface area contributed by atoms with Gasteiger partial charge in [0, 0.05) is 24.2 Å². The molecular formula is C34H36Br2N4O4S3. The molecule has 0 aliphatic carbocycles. The number of aromatic nitrogens is 2. The molecule has 8 nitrogen and oxygen atoms in total. The van der Waals surface area contributed by atoms with Crippen LogP contribution in [0.2, 0.25) is 0 Å². The number of fused-ring (bicyclic) bond motifs is 3. The van der Waals surface area contributed by atoms with Crippen LogP contribution in [0.4, 0.5) is 0 Å². The number of hydrogen-bond donors (Lipinski definition) is 0. The smallest absolute Gasteiger partial charge is 0.263 e. The predicted molar refractivity (Wildman–Crippen MR) is 197 cm³/mol. The average Bonchev–Trinajstić information content (AvgIpc) is 3.85. The summed E-state index contributed by atoms with van der Waals surface area (Å²) >= 11 is 10.9. The molecule has 0 saturated heterocycles. The van der Waals surface area contributed by atoms with E-state index in [4.69, 9.17) is 0 Å². The van der Waals surface area contributed by atoms with Crippen LogP contribution >= 0.6 is 66.3 Å². The third kappa shape index (κ3) is 6.42. The van der Waals surface area contributed by atoms with E-state index in [9.17, 15) is 19.2 Å².